The summed E-state index contributed by atoms with van der Waals surface area (Å²) in [7, 11) is -4.44. The van der Waals surface area contributed by atoms with E-state index in [4.69, 9.17) is 0 Å². The summed E-state index contributed by atoms with van der Waals surface area (Å²) in [6.07, 6.45) is 0.489. The lowest BCUT2D eigenvalue weighted by Crippen LogP contribution is -2.44. The molecular formula is C22H22F3N5O2S. The van der Waals surface area contributed by atoms with Crippen LogP contribution in [-0.2, 0) is 10.0 Å². The van der Waals surface area contributed by atoms with Gasteiger partial charge in [-0.1, -0.05) is 6.92 Å². The number of alkyl halides is 3. The summed E-state index contributed by atoms with van der Waals surface area (Å²) in [5.74, 6) is 0. The van der Waals surface area contributed by atoms with Crippen LogP contribution in [0.25, 0.3) is 22.4 Å². The van der Waals surface area contributed by atoms with E-state index in [9.17, 15) is 26.9 Å². The molecule has 3 aromatic heterocycles. The first-order chi connectivity index (χ1) is 15.6. The highest BCUT2D eigenvalue weighted by Gasteiger charge is 2.41. The lowest BCUT2D eigenvalue weighted by molar-refractivity contribution is -0.151. The number of aromatic nitrogens is 3. The lowest BCUT2D eigenvalue weighted by atomic mass is 9.92. The van der Waals surface area contributed by atoms with E-state index < -0.39 is 28.7 Å². The quantitative estimate of drug-likeness (QED) is 0.558. The number of hydrogen-bond donors (Lipinski definition) is 1. The van der Waals surface area contributed by atoms with Crippen LogP contribution in [0.1, 0.15) is 49.8 Å². The second-order valence-electron chi connectivity index (χ2n) is 8.18. The number of hydrogen-bond acceptors (Lipinski definition) is 5. The molecule has 0 aromatic carbocycles. The third-order valence-electron chi connectivity index (χ3n) is 5.92. The Bertz CT molecular complexity index is 1340. The Morgan fingerprint density at radius 1 is 1.27 bits per heavy atom. The minimum atomic E-state index is -4.70. The molecule has 0 unspecified atom stereocenters. The predicted octanol–water partition coefficient (Wildman–Crippen LogP) is 4.62. The number of rotatable bonds is 6. The van der Waals surface area contributed by atoms with Crippen LogP contribution in [0, 0.1) is 18.3 Å². The molecule has 1 fully saturated rings. The molecule has 1 atom stereocenters. The largest absolute Gasteiger partial charge is 0.404 e. The van der Waals surface area contributed by atoms with E-state index in [-0.39, 0.29) is 10.9 Å². The molecule has 1 N–H and O–H groups in total. The summed E-state index contributed by atoms with van der Waals surface area (Å²) in [4.78, 5) is 8.39. The van der Waals surface area contributed by atoms with E-state index in [0.717, 1.165) is 31.0 Å². The first-order valence-corrected chi connectivity index (χ1v) is 12.0. The van der Waals surface area contributed by atoms with Gasteiger partial charge in [-0.3, -0.25) is 4.98 Å². The highest BCUT2D eigenvalue weighted by molar-refractivity contribution is 7.89. The van der Waals surface area contributed by atoms with Crippen molar-refractivity contribution in [3.8, 4) is 17.5 Å². The van der Waals surface area contributed by atoms with Crippen molar-refractivity contribution in [1.82, 2.24) is 19.3 Å². The van der Waals surface area contributed by atoms with E-state index in [0.29, 0.717) is 28.0 Å². The maximum Gasteiger partial charge on any atom is 0.404 e. The van der Waals surface area contributed by atoms with Gasteiger partial charge in [-0.05, 0) is 56.4 Å². The van der Waals surface area contributed by atoms with Gasteiger partial charge in [0, 0.05) is 23.8 Å². The van der Waals surface area contributed by atoms with Crippen LogP contribution in [0.15, 0.2) is 35.5 Å². The monoisotopic (exact) mass is 477 g/mol. The van der Waals surface area contributed by atoms with Gasteiger partial charge in [-0.15, -0.1) is 0 Å². The van der Waals surface area contributed by atoms with Crippen molar-refractivity contribution in [1.29, 1.82) is 5.26 Å². The number of fused-ring (bicyclic) bond motifs is 1. The van der Waals surface area contributed by atoms with Gasteiger partial charge in [0.15, 0.2) is 0 Å². The summed E-state index contributed by atoms with van der Waals surface area (Å²) < 4.78 is 67.8. The van der Waals surface area contributed by atoms with Crippen molar-refractivity contribution >= 4 is 21.1 Å². The highest BCUT2D eigenvalue weighted by Crippen LogP contribution is 2.41. The molecule has 0 aliphatic heterocycles. The second kappa shape index (κ2) is 8.43. The van der Waals surface area contributed by atoms with Gasteiger partial charge in [-0.2, -0.15) is 23.2 Å². The third kappa shape index (κ3) is 4.20. The number of pyridine rings is 2. The molecule has 33 heavy (non-hydrogen) atoms. The fourth-order valence-electron chi connectivity index (χ4n) is 3.97. The fraction of sp³-hybridized carbons (Fsp3) is 0.409. The number of nitriles is 1. The zero-order chi connectivity index (χ0) is 24.0. The molecule has 3 heterocycles. The van der Waals surface area contributed by atoms with Crippen molar-refractivity contribution in [3.05, 3.63) is 41.7 Å². The van der Waals surface area contributed by atoms with E-state index in [1.807, 2.05) is 17.6 Å². The molecule has 0 radical (unpaired) electrons. The van der Waals surface area contributed by atoms with E-state index in [1.54, 1.807) is 10.9 Å². The maximum atomic E-state index is 13.0. The number of nitrogens with one attached hydrogen (secondary N) is 1. The van der Waals surface area contributed by atoms with E-state index >= 15 is 0 Å². The molecule has 0 amide bonds. The van der Waals surface area contributed by atoms with Gasteiger partial charge in [0.1, 0.15) is 22.7 Å². The molecule has 0 saturated heterocycles. The molecular weight excluding hydrogens is 455 g/mol. The normalized spacial score (nSPS) is 15.9. The minimum Gasteiger partial charge on any atom is -0.320 e. The molecule has 1 saturated carbocycles. The zero-order valence-corrected chi connectivity index (χ0v) is 18.8. The zero-order valence-electron chi connectivity index (χ0n) is 18.0. The average Bonchev–Trinajstić information content (AvgIpc) is 3.03. The van der Waals surface area contributed by atoms with Crippen LogP contribution < -0.4 is 4.72 Å². The third-order valence-corrected chi connectivity index (χ3v) is 7.38. The van der Waals surface area contributed by atoms with Crippen molar-refractivity contribution in [2.24, 2.45) is 0 Å². The molecule has 174 valence electrons. The Labute approximate surface area is 189 Å². The first kappa shape index (κ1) is 23.2. The summed E-state index contributed by atoms with van der Waals surface area (Å²) in [5.41, 5.74) is 2.84. The van der Waals surface area contributed by atoms with Crippen molar-refractivity contribution in [3.63, 3.8) is 0 Å². The molecule has 0 spiro atoms. The van der Waals surface area contributed by atoms with Gasteiger partial charge < -0.3 is 4.57 Å². The highest BCUT2D eigenvalue weighted by atomic mass is 32.2. The van der Waals surface area contributed by atoms with Crippen LogP contribution in [0.4, 0.5) is 13.2 Å². The van der Waals surface area contributed by atoms with Gasteiger partial charge in [0.05, 0.1) is 17.0 Å². The van der Waals surface area contributed by atoms with Crippen LogP contribution in [-0.4, -0.2) is 35.2 Å². The first-order valence-electron chi connectivity index (χ1n) is 10.5. The van der Waals surface area contributed by atoms with Crippen LogP contribution in [0.2, 0.25) is 0 Å². The molecule has 1 aliphatic rings. The Kier molecular flexibility index (Phi) is 5.92. The molecule has 1 aliphatic carbocycles. The lowest BCUT2D eigenvalue weighted by Gasteiger charge is -2.29. The molecule has 0 bridgehead atoms. The van der Waals surface area contributed by atoms with Crippen LogP contribution in [0.3, 0.4) is 0 Å². The fourth-order valence-corrected chi connectivity index (χ4v) is 5.22. The number of aryl methyl sites for hydroxylation is 1. The summed E-state index contributed by atoms with van der Waals surface area (Å²) in [6.45, 7) is 3.13. The Hall–Kier alpha value is -2.97. The number of nitrogens with zero attached hydrogens (tertiary/aromatic N) is 4. The average molecular weight is 478 g/mol. The Morgan fingerprint density at radius 2 is 2.00 bits per heavy atom. The van der Waals surface area contributed by atoms with Crippen molar-refractivity contribution < 1.29 is 21.6 Å². The summed E-state index contributed by atoms with van der Waals surface area (Å²) in [6, 6.07) is 4.68. The minimum absolute atomic E-state index is 0.142. The Balaban J connectivity index is 1.78. The Morgan fingerprint density at radius 3 is 2.52 bits per heavy atom. The number of halogens is 3. The predicted molar refractivity (Wildman–Crippen MR) is 116 cm³/mol. The van der Waals surface area contributed by atoms with Gasteiger partial charge in [-0.25, -0.2) is 13.4 Å². The molecule has 4 rings (SSSR count). The second-order valence-corrected chi connectivity index (χ2v) is 9.89. The van der Waals surface area contributed by atoms with Gasteiger partial charge in [0.25, 0.3) is 0 Å². The van der Waals surface area contributed by atoms with Crippen molar-refractivity contribution in [2.45, 2.75) is 62.7 Å². The molecule has 7 nitrogen and oxygen atoms in total. The molecule has 11 heteroatoms. The number of sulfonamides is 1. The summed E-state index contributed by atoms with van der Waals surface area (Å²) >= 11 is 0. The van der Waals surface area contributed by atoms with Gasteiger partial charge in [0.2, 0.25) is 10.0 Å². The van der Waals surface area contributed by atoms with Crippen LogP contribution in [0.5, 0.6) is 0 Å². The van der Waals surface area contributed by atoms with E-state index in [2.05, 4.69) is 16.0 Å². The topological polar surface area (TPSA) is 101 Å². The maximum absolute atomic E-state index is 13.0. The summed E-state index contributed by atoms with van der Waals surface area (Å²) in [5, 5.41) is 10.6. The van der Waals surface area contributed by atoms with E-state index in [1.165, 1.54) is 19.1 Å². The van der Waals surface area contributed by atoms with Crippen molar-refractivity contribution in [2.75, 3.05) is 0 Å². The SMILES string of the molecule is CC[C@H](NS(=O)(=O)c1ccc(-c2c(C#N)c3cc(C)cnc3n2C2CCC2)nc1)C(F)(F)F. The molecule has 3 aromatic rings. The van der Waals surface area contributed by atoms with Crippen LogP contribution >= 0.6 is 0 Å². The standard InChI is InChI=1S/C22H22F3N5O2S/c1-3-19(22(23,24)25)29-33(31,32)15-7-8-18(27-12-15)20-17(10-26)16-9-13(2)11-28-21(16)30(20)14-5-4-6-14/h7-9,11-12,14,19,29H,3-6H2,1-2H3/t19-/m0/s1. The smallest absolute Gasteiger partial charge is 0.320 e. The van der Waals surface area contributed by atoms with Gasteiger partial charge >= 0.3 is 6.18 Å².